The second-order valence-corrected chi connectivity index (χ2v) is 6.84. The van der Waals surface area contributed by atoms with Crippen LogP contribution < -0.4 is 20.1 Å². The van der Waals surface area contributed by atoms with Gasteiger partial charge < -0.3 is 20.1 Å². The van der Waals surface area contributed by atoms with Crippen molar-refractivity contribution < 1.29 is 23.5 Å². The molecule has 0 aromatic heterocycles. The summed E-state index contributed by atoms with van der Waals surface area (Å²) < 4.78 is 23.8. The smallest absolute Gasteiger partial charge is 0.251 e. The molecule has 2 aromatic rings. The third kappa shape index (κ3) is 6.20. The van der Waals surface area contributed by atoms with E-state index in [1.165, 1.54) is 24.3 Å². The summed E-state index contributed by atoms with van der Waals surface area (Å²) in [5.41, 5.74) is 1.13. The Morgan fingerprint density at radius 1 is 1.07 bits per heavy atom. The first kappa shape index (κ1) is 22.2. The Morgan fingerprint density at radius 2 is 1.76 bits per heavy atom. The summed E-state index contributed by atoms with van der Waals surface area (Å²) >= 11 is 0. The number of methoxy groups -OCH3 is 1. The molecule has 29 heavy (non-hydrogen) atoms. The average Bonchev–Trinajstić information content (AvgIpc) is 2.71. The van der Waals surface area contributed by atoms with Crippen LogP contribution in [0.5, 0.6) is 11.5 Å². The zero-order valence-electron chi connectivity index (χ0n) is 17.1. The molecule has 7 heteroatoms. The maximum atomic E-state index is 13.0. The van der Waals surface area contributed by atoms with Crippen LogP contribution in [0.3, 0.4) is 0 Å². The average molecular weight is 402 g/mol. The molecule has 0 fully saturated rings. The second kappa shape index (κ2) is 10.5. The van der Waals surface area contributed by atoms with Crippen molar-refractivity contribution in [2.75, 3.05) is 13.7 Å². The lowest BCUT2D eigenvalue weighted by Gasteiger charge is -2.22. The van der Waals surface area contributed by atoms with E-state index in [9.17, 15) is 14.0 Å². The maximum absolute atomic E-state index is 13.0. The summed E-state index contributed by atoms with van der Waals surface area (Å²) in [5.74, 6) is -0.0648. The molecule has 2 rings (SSSR count). The largest absolute Gasteiger partial charge is 0.493 e. The van der Waals surface area contributed by atoms with Crippen LogP contribution in [0.25, 0.3) is 0 Å². The predicted molar refractivity (Wildman–Crippen MR) is 109 cm³/mol. The highest BCUT2D eigenvalue weighted by Gasteiger charge is 2.24. The van der Waals surface area contributed by atoms with Crippen molar-refractivity contribution >= 4 is 11.8 Å². The van der Waals surface area contributed by atoms with Gasteiger partial charge in [0.1, 0.15) is 11.9 Å². The van der Waals surface area contributed by atoms with Gasteiger partial charge >= 0.3 is 0 Å². The Kier molecular flexibility index (Phi) is 8.00. The number of carbonyl (C=O) groups is 2. The van der Waals surface area contributed by atoms with Gasteiger partial charge in [0.25, 0.3) is 5.91 Å². The van der Waals surface area contributed by atoms with Crippen LogP contribution in [0, 0.1) is 11.7 Å². The van der Waals surface area contributed by atoms with Gasteiger partial charge in [0.2, 0.25) is 5.91 Å². The van der Waals surface area contributed by atoms with Gasteiger partial charge in [-0.15, -0.1) is 0 Å². The summed E-state index contributed by atoms with van der Waals surface area (Å²) in [7, 11) is 1.56. The zero-order valence-corrected chi connectivity index (χ0v) is 17.1. The Bertz CT molecular complexity index is 837. The van der Waals surface area contributed by atoms with Gasteiger partial charge in [0, 0.05) is 12.1 Å². The molecule has 2 aromatic carbocycles. The number of rotatable bonds is 9. The first-order chi connectivity index (χ1) is 13.8. The first-order valence-electron chi connectivity index (χ1n) is 9.49. The fourth-order valence-electron chi connectivity index (χ4n) is 2.76. The fourth-order valence-corrected chi connectivity index (χ4v) is 2.76. The number of amides is 2. The van der Waals surface area contributed by atoms with Crippen molar-refractivity contribution in [3.63, 3.8) is 0 Å². The minimum absolute atomic E-state index is 0.130. The van der Waals surface area contributed by atoms with E-state index in [1.54, 1.807) is 19.2 Å². The van der Waals surface area contributed by atoms with Gasteiger partial charge in [0.15, 0.2) is 11.5 Å². The number of nitrogens with one attached hydrogen (secondary N) is 2. The van der Waals surface area contributed by atoms with Gasteiger partial charge in [0.05, 0.1) is 13.7 Å². The topological polar surface area (TPSA) is 76.7 Å². The minimum Gasteiger partial charge on any atom is -0.493 e. The molecule has 2 amide bonds. The molecule has 6 nitrogen and oxygen atoms in total. The molecule has 0 aliphatic carbocycles. The lowest BCUT2D eigenvalue weighted by molar-refractivity contribution is -0.124. The van der Waals surface area contributed by atoms with Crippen LogP contribution in [-0.2, 0) is 11.3 Å². The number of hydrogen-bond donors (Lipinski definition) is 2. The number of carbonyl (C=O) groups excluding carboxylic acids is 2. The van der Waals surface area contributed by atoms with Crippen LogP contribution >= 0.6 is 0 Å². The summed E-state index contributed by atoms with van der Waals surface area (Å²) in [6, 6.07) is 9.88. The fraction of sp³-hybridized carbons (Fsp3) is 0.364. The van der Waals surface area contributed by atoms with Crippen LogP contribution in [0.1, 0.15) is 36.7 Å². The highest BCUT2D eigenvalue weighted by molar-refractivity contribution is 5.97. The summed E-state index contributed by atoms with van der Waals surface area (Å²) in [5, 5.41) is 5.56. The van der Waals surface area contributed by atoms with E-state index in [2.05, 4.69) is 10.6 Å². The van der Waals surface area contributed by atoms with Gasteiger partial charge in [-0.2, -0.15) is 0 Å². The quantitative estimate of drug-likeness (QED) is 0.675. The van der Waals surface area contributed by atoms with Crippen molar-refractivity contribution in [1.82, 2.24) is 10.6 Å². The number of hydrogen-bond acceptors (Lipinski definition) is 4. The molecule has 1 unspecified atom stereocenters. The lowest BCUT2D eigenvalue weighted by Crippen LogP contribution is -2.49. The van der Waals surface area contributed by atoms with Crippen LogP contribution in [0.15, 0.2) is 42.5 Å². The van der Waals surface area contributed by atoms with Crippen molar-refractivity contribution in [2.24, 2.45) is 5.92 Å². The number of benzene rings is 2. The Morgan fingerprint density at radius 3 is 2.34 bits per heavy atom. The molecule has 156 valence electrons. The van der Waals surface area contributed by atoms with E-state index in [4.69, 9.17) is 9.47 Å². The van der Waals surface area contributed by atoms with Gasteiger partial charge in [-0.1, -0.05) is 19.9 Å². The highest BCUT2D eigenvalue weighted by Crippen LogP contribution is 2.28. The van der Waals surface area contributed by atoms with E-state index in [1.807, 2.05) is 26.8 Å². The molecule has 0 spiro atoms. The molecule has 0 aliphatic rings. The first-order valence-corrected chi connectivity index (χ1v) is 9.49. The van der Waals surface area contributed by atoms with Gasteiger partial charge in [-0.3, -0.25) is 9.59 Å². The Labute approximate surface area is 170 Å². The van der Waals surface area contributed by atoms with Gasteiger partial charge in [-0.05, 0) is 54.8 Å². The molecule has 0 bridgehead atoms. The van der Waals surface area contributed by atoms with E-state index >= 15 is 0 Å². The molecule has 2 N–H and O–H groups in total. The number of halogens is 1. The normalized spacial score (nSPS) is 11.7. The molecular weight excluding hydrogens is 375 g/mol. The Hall–Kier alpha value is -3.09. The molecular formula is C22H27FN2O4. The van der Waals surface area contributed by atoms with E-state index in [0.717, 1.165) is 5.56 Å². The lowest BCUT2D eigenvalue weighted by atomic mass is 10.0. The molecule has 1 atom stereocenters. The summed E-state index contributed by atoms with van der Waals surface area (Å²) in [6.45, 7) is 6.37. The summed E-state index contributed by atoms with van der Waals surface area (Å²) in [4.78, 5) is 25.0. The molecule has 0 aliphatic heterocycles. The summed E-state index contributed by atoms with van der Waals surface area (Å²) in [6.07, 6.45) is 0. The van der Waals surface area contributed by atoms with Crippen LogP contribution in [-0.4, -0.2) is 31.6 Å². The maximum Gasteiger partial charge on any atom is 0.251 e. The SMILES string of the molecule is CCOc1ccc(CNC(=O)C(NC(=O)c2ccc(F)cc2)C(C)C)cc1OC. The van der Waals surface area contributed by atoms with Crippen LogP contribution in [0.2, 0.25) is 0 Å². The van der Waals surface area contributed by atoms with E-state index in [0.29, 0.717) is 23.7 Å². The van der Waals surface area contributed by atoms with E-state index < -0.39 is 17.8 Å². The third-order valence-electron chi connectivity index (χ3n) is 4.34. The monoisotopic (exact) mass is 402 g/mol. The second-order valence-electron chi connectivity index (χ2n) is 6.84. The van der Waals surface area contributed by atoms with Gasteiger partial charge in [-0.25, -0.2) is 4.39 Å². The Balaban J connectivity index is 2.02. The molecule has 0 saturated carbocycles. The predicted octanol–water partition coefficient (Wildman–Crippen LogP) is 3.30. The zero-order chi connectivity index (χ0) is 21.4. The molecule has 0 heterocycles. The standard InChI is InChI=1S/C22H27FN2O4/c1-5-29-18-11-6-15(12-19(18)28-4)13-24-22(27)20(14(2)3)25-21(26)16-7-9-17(23)10-8-16/h6-12,14,20H,5,13H2,1-4H3,(H,24,27)(H,25,26). The third-order valence-corrected chi connectivity index (χ3v) is 4.34. The van der Waals surface area contributed by atoms with Crippen molar-refractivity contribution in [2.45, 2.75) is 33.4 Å². The van der Waals surface area contributed by atoms with Crippen LogP contribution in [0.4, 0.5) is 4.39 Å². The molecule has 0 saturated heterocycles. The highest BCUT2D eigenvalue weighted by atomic mass is 19.1. The minimum atomic E-state index is -0.725. The van der Waals surface area contributed by atoms with Crippen molar-refractivity contribution in [1.29, 1.82) is 0 Å². The molecule has 0 radical (unpaired) electrons. The van der Waals surface area contributed by atoms with Crippen molar-refractivity contribution in [3.05, 3.63) is 59.4 Å². The van der Waals surface area contributed by atoms with Crippen molar-refractivity contribution in [3.8, 4) is 11.5 Å². The number of ether oxygens (including phenoxy) is 2. The van der Waals surface area contributed by atoms with E-state index in [-0.39, 0.29) is 18.4 Å².